The van der Waals surface area contributed by atoms with Gasteiger partial charge in [0.2, 0.25) is 5.95 Å². The molecule has 2 heterocycles. The van der Waals surface area contributed by atoms with Crippen LogP contribution in [0.2, 0.25) is 0 Å². The Balaban J connectivity index is 1.63. The highest BCUT2D eigenvalue weighted by Crippen LogP contribution is 2.31. The first kappa shape index (κ1) is 19.2. The Morgan fingerprint density at radius 2 is 1.76 bits per heavy atom. The lowest BCUT2D eigenvalue weighted by molar-refractivity contribution is 0.0392. The molecule has 29 heavy (non-hydrogen) atoms. The van der Waals surface area contributed by atoms with Gasteiger partial charge in [-0.15, -0.1) is 0 Å². The second-order valence-corrected chi connectivity index (χ2v) is 7.47. The van der Waals surface area contributed by atoms with E-state index in [9.17, 15) is 0 Å². The second-order valence-electron chi connectivity index (χ2n) is 7.47. The Morgan fingerprint density at radius 3 is 2.48 bits per heavy atom. The molecule has 0 saturated carbocycles. The number of morpholine rings is 1. The zero-order chi connectivity index (χ0) is 20.4. The predicted octanol–water partition coefficient (Wildman–Crippen LogP) is 4.02. The third kappa shape index (κ3) is 4.03. The van der Waals surface area contributed by atoms with E-state index in [2.05, 4.69) is 58.1 Å². The van der Waals surface area contributed by atoms with Gasteiger partial charge in [-0.05, 0) is 31.5 Å². The van der Waals surface area contributed by atoms with Crippen molar-refractivity contribution in [2.45, 2.75) is 20.0 Å². The highest BCUT2D eigenvalue weighted by molar-refractivity contribution is 5.67. The minimum absolute atomic E-state index is 0.00523. The van der Waals surface area contributed by atoms with Crippen LogP contribution >= 0.6 is 0 Å². The van der Waals surface area contributed by atoms with Crippen LogP contribution in [-0.4, -0.2) is 36.7 Å². The quantitative estimate of drug-likeness (QED) is 0.727. The Hall–Kier alpha value is -3.12. The molecule has 6 nitrogen and oxygen atoms in total. The summed E-state index contributed by atoms with van der Waals surface area (Å²) in [6, 6.07) is 18.6. The fourth-order valence-corrected chi connectivity index (χ4v) is 3.57. The molecule has 4 rings (SSSR count). The molecule has 3 aromatic rings. The minimum Gasteiger partial charge on any atom is -0.383 e. The molecule has 2 N–H and O–H groups in total. The van der Waals surface area contributed by atoms with Gasteiger partial charge in [0.05, 0.1) is 13.2 Å². The minimum atomic E-state index is -0.00523. The average molecular weight is 390 g/mol. The molecule has 1 saturated heterocycles. The summed E-state index contributed by atoms with van der Waals surface area (Å²) in [5.74, 6) is 1.97. The summed E-state index contributed by atoms with van der Waals surface area (Å²) in [7, 11) is 2.01. The highest BCUT2D eigenvalue weighted by Gasteiger charge is 2.25. The van der Waals surface area contributed by atoms with Gasteiger partial charge in [-0.25, -0.2) is 0 Å². The number of hydrogen-bond donors (Lipinski definition) is 1. The first-order valence-corrected chi connectivity index (χ1v) is 9.89. The van der Waals surface area contributed by atoms with Gasteiger partial charge in [0.15, 0.2) is 0 Å². The number of aryl methyl sites for hydroxylation is 1. The maximum Gasteiger partial charge on any atom is 0.229 e. The number of rotatable bonds is 4. The van der Waals surface area contributed by atoms with Crippen LogP contribution < -0.4 is 15.5 Å². The Bertz CT molecular complexity index is 975. The summed E-state index contributed by atoms with van der Waals surface area (Å²) in [6.07, 6.45) is -0.00523. The molecule has 2 aromatic carbocycles. The molecular weight excluding hydrogens is 362 g/mol. The molecular formula is C23H27N5O. The van der Waals surface area contributed by atoms with Crippen LogP contribution in [0.1, 0.15) is 22.8 Å². The van der Waals surface area contributed by atoms with Crippen LogP contribution in [0.15, 0.2) is 54.6 Å². The van der Waals surface area contributed by atoms with Gasteiger partial charge >= 0.3 is 0 Å². The smallest absolute Gasteiger partial charge is 0.229 e. The van der Waals surface area contributed by atoms with E-state index in [4.69, 9.17) is 15.5 Å². The number of ether oxygens (including phenoxy) is 1. The predicted molar refractivity (Wildman–Crippen MR) is 118 cm³/mol. The van der Waals surface area contributed by atoms with Crippen molar-refractivity contribution in [2.75, 3.05) is 42.3 Å². The number of aromatic nitrogens is 2. The molecule has 0 spiro atoms. The van der Waals surface area contributed by atoms with Crippen molar-refractivity contribution in [1.82, 2.24) is 9.97 Å². The summed E-state index contributed by atoms with van der Waals surface area (Å²) in [5, 5.41) is 0. The van der Waals surface area contributed by atoms with Crippen LogP contribution in [0.25, 0.3) is 0 Å². The van der Waals surface area contributed by atoms with Crippen molar-refractivity contribution < 1.29 is 4.74 Å². The van der Waals surface area contributed by atoms with Crippen molar-refractivity contribution >= 4 is 23.3 Å². The van der Waals surface area contributed by atoms with Gasteiger partial charge in [-0.2, -0.15) is 9.97 Å². The number of nitrogens with zero attached hydrogens (tertiary/aromatic N) is 4. The third-order valence-electron chi connectivity index (χ3n) is 5.41. The van der Waals surface area contributed by atoms with Gasteiger partial charge in [0.1, 0.15) is 17.7 Å². The SMILES string of the molecule is Cc1ccc(N(C)c2nc(N3CCOC(c4ccccc4)C3)nc(N)c2C)cc1. The number of benzene rings is 2. The van der Waals surface area contributed by atoms with Crippen LogP contribution in [-0.2, 0) is 4.74 Å². The summed E-state index contributed by atoms with van der Waals surface area (Å²) in [6.45, 7) is 6.10. The molecule has 1 fully saturated rings. The topological polar surface area (TPSA) is 67.5 Å². The first-order valence-electron chi connectivity index (χ1n) is 9.89. The van der Waals surface area contributed by atoms with Gasteiger partial charge in [-0.1, -0.05) is 48.0 Å². The molecule has 0 bridgehead atoms. The van der Waals surface area contributed by atoms with Crippen molar-refractivity contribution in [3.8, 4) is 0 Å². The highest BCUT2D eigenvalue weighted by atomic mass is 16.5. The molecule has 0 amide bonds. The summed E-state index contributed by atoms with van der Waals surface area (Å²) < 4.78 is 5.99. The Morgan fingerprint density at radius 1 is 1.03 bits per heavy atom. The van der Waals surface area contributed by atoms with E-state index in [1.165, 1.54) is 5.56 Å². The zero-order valence-corrected chi connectivity index (χ0v) is 17.2. The van der Waals surface area contributed by atoms with Crippen molar-refractivity contribution in [2.24, 2.45) is 0 Å². The van der Waals surface area contributed by atoms with E-state index in [0.29, 0.717) is 24.9 Å². The van der Waals surface area contributed by atoms with Gasteiger partial charge in [0.25, 0.3) is 0 Å². The zero-order valence-electron chi connectivity index (χ0n) is 17.2. The van der Waals surface area contributed by atoms with Gasteiger partial charge < -0.3 is 20.3 Å². The van der Waals surface area contributed by atoms with E-state index in [0.717, 1.165) is 29.2 Å². The molecule has 0 aliphatic carbocycles. The summed E-state index contributed by atoms with van der Waals surface area (Å²) in [4.78, 5) is 13.7. The number of nitrogens with two attached hydrogens (primary N) is 1. The van der Waals surface area contributed by atoms with Crippen molar-refractivity contribution in [3.63, 3.8) is 0 Å². The maximum absolute atomic E-state index is 6.28. The Kier molecular flexibility index (Phi) is 5.36. The van der Waals surface area contributed by atoms with E-state index in [-0.39, 0.29) is 6.10 Å². The number of nitrogen functional groups attached to an aromatic ring is 1. The van der Waals surface area contributed by atoms with E-state index >= 15 is 0 Å². The normalized spacial score (nSPS) is 16.7. The second kappa shape index (κ2) is 8.09. The maximum atomic E-state index is 6.28. The molecule has 1 unspecified atom stereocenters. The Labute approximate surface area is 172 Å². The van der Waals surface area contributed by atoms with Crippen molar-refractivity contribution in [3.05, 3.63) is 71.3 Å². The van der Waals surface area contributed by atoms with E-state index in [1.807, 2.05) is 32.2 Å². The molecule has 1 aliphatic rings. The van der Waals surface area contributed by atoms with Crippen LogP contribution in [0.5, 0.6) is 0 Å². The lowest BCUT2D eigenvalue weighted by atomic mass is 10.1. The van der Waals surface area contributed by atoms with Crippen molar-refractivity contribution in [1.29, 1.82) is 0 Å². The van der Waals surface area contributed by atoms with Crippen LogP contribution in [0, 0.1) is 13.8 Å². The van der Waals surface area contributed by atoms with Gasteiger partial charge in [0, 0.05) is 24.8 Å². The lowest BCUT2D eigenvalue weighted by Crippen LogP contribution is -2.39. The largest absolute Gasteiger partial charge is 0.383 e. The van der Waals surface area contributed by atoms with E-state index in [1.54, 1.807) is 0 Å². The summed E-state index contributed by atoms with van der Waals surface area (Å²) >= 11 is 0. The average Bonchev–Trinajstić information content (AvgIpc) is 2.76. The fourth-order valence-electron chi connectivity index (χ4n) is 3.57. The lowest BCUT2D eigenvalue weighted by Gasteiger charge is -2.34. The molecule has 0 radical (unpaired) electrons. The molecule has 1 aromatic heterocycles. The molecule has 1 atom stereocenters. The van der Waals surface area contributed by atoms with Crippen LogP contribution in [0.3, 0.4) is 0 Å². The molecule has 150 valence electrons. The van der Waals surface area contributed by atoms with E-state index < -0.39 is 0 Å². The number of anilines is 4. The van der Waals surface area contributed by atoms with Crippen LogP contribution in [0.4, 0.5) is 23.3 Å². The first-order chi connectivity index (χ1) is 14.0. The third-order valence-corrected chi connectivity index (χ3v) is 5.41. The monoisotopic (exact) mass is 389 g/mol. The summed E-state index contributed by atoms with van der Waals surface area (Å²) in [5.41, 5.74) is 10.6. The molecule has 1 aliphatic heterocycles. The standard InChI is InChI=1S/C23H27N5O/c1-16-9-11-19(12-10-16)27(3)22-17(2)21(24)25-23(26-22)28-13-14-29-20(15-28)18-7-5-4-6-8-18/h4-12,20H,13-15H2,1-3H3,(H2,24,25,26). The van der Waals surface area contributed by atoms with Gasteiger partial charge in [-0.3, -0.25) is 0 Å². The fraction of sp³-hybridized carbons (Fsp3) is 0.304. The molecule has 6 heteroatoms. The number of hydrogen-bond acceptors (Lipinski definition) is 6.